The Kier molecular flexibility index (Phi) is 5.70. The fourth-order valence-corrected chi connectivity index (χ4v) is 6.90. The van der Waals surface area contributed by atoms with Crippen LogP contribution in [0.1, 0.15) is 49.7 Å². The number of hydrogen-bond acceptors (Lipinski definition) is 8. The second-order valence-electron chi connectivity index (χ2n) is 10.4. The summed E-state index contributed by atoms with van der Waals surface area (Å²) in [5.74, 6) is -0.0622. The molecule has 2 unspecified atom stereocenters. The van der Waals surface area contributed by atoms with Crippen LogP contribution in [0.4, 0.5) is 0 Å². The average Bonchev–Trinajstić information content (AvgIpc) is 3.02. The molecule has 9 heteroatoms. The molecule has 1 aromatic rings. The van der Waals surface area contributed by atoms with Gasteiger partial charge >= 0.3 is 5.97 Å². The van der Waals surface area contributed by atoms with E-state index in [-0.39, 0.29) is 11.3 Å². The molecular weight excluding hydrogens is 432 g/mol. The lowest BCUT2D eigenvalue weighted by Gasteiger charge is -2.50. The number of carboxylic acids is 1. The fraction of sp³-hybridized carbons (Fsp3) is 0.708. The summed E-state index contributed by atoms with van der Waals surface area (Å²) >= 11 is 0. The Labute approximate surface area is 191 Å². The van der Waals surface area contributed by atoms with Crippen molar-refractivity contribution in [3.8, 4) is 5.75 Å². The number of fused-ring (bicyclic) bond motifs is 5. The summed E-state index contributed by atoms with van der Waals surface area (Å²) in [5.41, 5.74) is 2.08. The predicted octanol–water partition coefficient (Wildman–Crippen LogP) is 0.145. The van der Waals surface area contributed by atoms with E-state index in [0.717, 1.165) is 31.2 Å². The fourth-order valence-electron chi connectivity index (χ4n) is 6.90. The molecule has 4 aliphatic rings. The second-order valence-corrected chi connectivity index (χ2v) is 10.4. The number of benzene rings is 1. The zero-order chi connectivity index (χ0) is 23.7. The van der Waals surface area contributed by atoms with Gasteiger partial charge in [0.05, 0.1) is 12.2 Å². The van der Waals surface area contributed by atoms with Crippen molar-refractivity contribution in [2.45, 2.75) is 87.9 Å². The minimum atomic E-state index is -1.76. The second kappa shape index (κ2) is 8.18. The van der Waals surface area contributed by atoms with E-state index >= 15 is 0 Å². The quantitative estimate of drug-likeness (QED) is 0.366. The molecule has 0 radical (unpaired) electrons. The molecule has 1 aliphatic heterocycles. The van der Waals surface area contributed by atoms with Gasteiger partial charge in [-0.1, -0.05) is 13.0 Å². The zero-order valence-corrected chi connectivity index (χ0v) is 18.4. The van der Waals surface area contributed by atoms with E-state index in [1.54, 1.807) is 6.07 Å². The SMILES string of the molecule is C[C@]12CC[C@@H]3c4ccc(O[C@@H]5O[C@H](C(=O)O)C(O)[C@H](O)C5O)cc4CC[C@H]3[C@@H]1C[C@@H](O)[C@@H]2O. The third kappa shape index (κ3) is 3.57. The molecule has 11 atom stereocenters. The smallest absolute Gasteiger partial charge is 0.335 e. The van der Waals surface area contributed by atoms with E-state index in [0.29, 0.717) is 24.0 Å². The van der Waals surface area contributed by atoms with Crippen LogP contribution in [0.25, 0.3) is 0 Å². The Morgan fingerprint density at radius 2 is 1.85 bits per heavy atom. The molecular formula is C24H32O9. The van der Waals surface area contributed by atoms with Crippen LogP contribution in [0.2, 0.25) is 0 Å². The molecule has 33 heavy (non-hydrogen) atoms. The summed E-state index contributed by atoms with van der Waals surface area (Å²) in [4.78, 5) is 11.3. The summed E-state index contributed by atoms with van der Waals surface area (Å²) in [6.45, 7) is 2.10. The number of aliphatic carboxylic acids is 1. The van der Waals surface area contributed by atoms with E-state index in [1.807, 2.05) is 12.1 Å². The summed E-state index contributed by atoms with van der Waals surface area (Å²) < 4.78 is 10.9. The minimum Gasteiger partial charge on any atom is -0.479 e. The highest BCUT2D eigenvalue weighted by atomic mass is 16.7. The monoisotopic (exact) mass is 464 g/mol. The molecule has 0 bridgehead atoms. The van der Waals surface area contributed by atoms with Gasteiger partial charge in [-0.2, -0.15) is 0 Å². The Hall–Kier alpha value is -1.75. The Morgan fingerprint density at radius 3 is 2.58 bits per heavy atom. The lowest BCUT2D eigenvalue weighted by molar-refractivity contribution is -0.271. The van der Waals surface area contributed by atoms with Gasteiger partial charge < -0.3 is 40.1 Å². The Bertz CT molecular complexity index is 921. The maximum atomic E-state index is 11.3. The number of carbonyl (C=O) groups is 1. The first kappa shape index (κ1) is 23.0. The molecule has 3 fully saturated rings. The number of aliphatic hydroxyl groups is 5. The summed E-state index contributed by atoms with van der Waals surface area (Å²) in [6.07, 6.45) is -5.40. The first-order valence-corrected chi connectivity index (χ1v) is 11.7. The first-order chi connectivity index (χ1) is 15.6. The third-order valence-electron chi connectivity index (χ3n) is 8.74. The van der Waals surface area contributed by atoms with Crippen molar-refractivity contribution < 1.29 is 44.9 Å². The molecule has 1 saturated heterocycles. The summed E-state index contributed by atoms with van der Waals surface area (Å²) in [6, 6.07) is 5.60. The minimum absolute atomic E-state index is 0.248. The van der Waals surface area contributed by atoms with Crippen LogP contribution >= 0.6 is 0 Å². The lowest BCUT2D eigenvalue weighted by Crippen LogP contribution is -2.61. The van der Waals surface area contributed by atoms with Crippen molar-refractivity contribution in [3.05, 3.63) is 29.3 Å². The number of aryl methyl sites for hydroxylation is 1. The van der Waals surface area contributed by atoms with Gasteiger partial charge in [0.1, 0.15) is 24.1 Å². The van der Waals surface area contributed by atoms with Crippen molar-refractivity contribution >= 4 is 5.97 Å². The highest BCUT2D eigenvalue weighted by Crippen LogP contribution is 2.61. The van der Waals surface area contributed by atoms with Crippen molar-refractivity contribution in [2.24, 2.45) is 17.3 Å². The van der Waals surface area contributed by atoms with Gasteiger partial charge in [-0.3, -0.25) is 0 Å². The topological polar surface area (TPSA) is 157 Å². The molecule has 1 heterocycles. The van der Waals surface area contributed by atoms with Gasteiger partial charge in [0.25, 0.3) is 0 Å². The maximum Gasteiger partial charge on any atom is 0.335 e. The number of rotatable bonds is 3. The van der Waals surface area contributed by atoms with Crippen molar-refractivity contribution in [2.75, 3.05) is 0 Å². The van der Waals surface area contributed by atoms with Gasteiger partial charge in [-0.15, -0.1) is 0 Å². The van der Waals surface area contributed by atoms with Crippen LogP contribution in [0.5, 0.6) is 5.75 Å². The molecule has 9 nitrogen and oxygen atoms in total. The zero-order valence-electron chi connectivity index (χ0n) is 18.4. The highest BCUT2D eigenvalue weighted by molar-refractivity contribution is 5.73. The molecule has 5 rings (SSSR count). The summed E-state index contributed by atoms with van der Waals surface area (Å²) in [5, 5.41) is 60.2. The van der Waals surface area contributed by atoms with Gasteiger partial charge in [0.2, 0.25) is 6.29 Å². The summed E-state index contributed by atoms with van der Waals surface area (Å²) in [7, 11) is 0. The molecule has 3 aliphatic carbocycles. The van der Waals surface area contributed by atoms with E-state index in [9.17, 15) is 35.4 Å². The Balaban J connectivity index is 1.34. The van der Waals surface area contributed by atoms with Crippen LogP contribution < -0.4 is 4.74 Å². The van der Waals surface area contributed by atoms with Gasteiger partial charge in [0, 0.05) is 0 Å². The van der Waals surface area contributed by atoms with Gasteiger partial charge in [0.15, 0.2) is 6.10 Å². The lowest BCUT2D eigenvalue weighted by atomic mass is 9.55. The molecule has 1 aromatic carbocycles. The van der Waals surface area contributed by atoms with Crippen molar-refractivity contribution in [3.63, 3.8) is 0 Å². The van der Waals surface area contributed by atoms with E-state index in [4.69, 9.17) is 9.47 Å². The number of hydrogen-bond donors (Lipinski definition) is 6. The molecule has 182 valence electrons. The first-order valence-electron chi connectivity index (χ1n) is 11.7. The van der Waals surface area contributed by atoms with Gasteiger partial charge in [-0.05, 0) is 78.5 Å². The van der Waals surface area contributed by atoms with E-state index in [2.05, 4.69) is 6.92 Å². The van der Waals surface area contributed by atoms with E-state index < -0.39 is 48.9 Å². The van der Waals surface area contributed by atoms with Crippen LogP contribution in [-0.4, -0.2) is 79.5 Å². The number of ether oxygens (including phenoxy) is 2. The van der Waals surface area contributed by atoms with Crippen molar-refractivity contribution in [1.29, 1.82) is 0 Å². The Morgan fingerprint density at radius 1 is 1.09 bits per heavy atom. The van der Waals surface area contributed by atoms with Crippen LogP contribution in [0, 0.1) is 17.3 Å². The third-order valence-corrected chi connectivity index (χ3v) is 8.74. The molecule has 0 spiro atoms. The number of carboxylic acid groups (broad SMARTS) is 1. The maximum absolute atomic E-state index is 11.3. The van der Waals surface area contributed by atoms with E-state index in [1.165, 1.54) is 5.56 Å². The van der Waals surface area contributed by atoms with Gasteiger partial charge in [-0.25, -0.2) is 4.79 Å². The van der Waals surface area contributed by atoms with Crippen LogP contribution in [0.3, 0.4) is 0 Å². The highest BCUT2D eigenvalue weighted by Gasteiger charge is 2.57. The predicted molar refractivity (Wildman–Crippen MR) is 113 cm³/mol. The van der Waals surface area contributed by atoms with Crippen LogP contribution in [0.15, 0.2) is 18.2 Å². The largest absolute Gasteiger partial charge is 0.479 e. The van der Waals surface area contributed by atoms with Crippen molar-refractivity contribution in [1.82, 2.24) is 0 Å². The molecule has 0 amide bonds. The standard InChI is InChI=1S/C24H32O9/c1-24-7-6-13-12-5-3-11(32-23-19(28)17(26)18(27)20(33-23)22(30)31)8-10(12)2-4-14(13)15(24)9-16(25)21(24)29/h3,5,8,13-21,23,25-29H,2,4,6-7,9H2,1H3,(H,30,31)/t13-,14-,15+,16-,17+,18?,19?,20+,21+,23-,24+/m1/s1. The molecule has 6 N–H and O–H groups in total. The molecule has 2 saturated carbocycles. The number of aliphatic hydroxyl groups excluding tert-OH is 5. The average molecular weight is 465 g/mol. The normalized spacial score (nSPS) is 46.7. The molecule has 0 aromatic heterocycles. The van der Waals surface area contributed by atoms with Crippen LogP contribution in [-0.2, 0) is 16.0 Å².